The normalized spacial score (nSPS) is 15.9. The van der Waals surface area contributed by atoms with Gasteiger partial charge in [0.15, 0.2) is 17.6 Å². The summed E-state index contributed by atoms with van der Waals surface area (Å²) >= 11 is 0. The molecule has 0 aromatic heterocycles. The van der Waals surface area contributed by atoms with Crippen molar-refractivity contribution in [3.63, 3.8) is 0 Å². The molecule has 0 aliphatic carbocycles. The van der Waals surface area contributed by atoms with Crippen molar-refractivity contribution in [1.29, 1.82) is 0 Å². The molecule has 126 valence electrons. The summed E-state index contributed by atoms with van der Waals surface area (Å²) in [7, 11) is 0. The van der Waals surface area contributed by atoms with Crippen LogP contribution in [0.4, 0.5) is 8.78 Å². The summed E-state index contributed by atoms with van der Waals surface area (Å²) in [6.45, 7) is 2.49. The number of carbonyl (C=O) groups is 1. The van der Waals surface area contributed by atoms with Crippen LogP contribution in [-0.2, 0) is 0 Å². The van der Waals surface area contributed by atoms with Gasteiger partial charge in [-0.2, -0.15) is 0 Å². The number of para-hydroxylation sites is 2. The van der Waals surface area contributed by atoms with E-state index in [2.05, 4.69) is 0 Å². The maximum atomic E-state index is 13.8. The van der Waals surface area contributed by atoms with Gasteiger partial charge in [-0.1, -0.05) is 18.2 Å². The largest absolute Gasteiger partial charge is 0.486 e. The van der Waals surface area contributed by atoms with Gasteiger partial charge in [0, 0.05) is 6.54 Å². The summed E-state index contributed by atoms with van der Waals surface area (Å²) in [5, 5.41) is 0. The van der Waals surface area contributed by atoms with Gasteiger partial charge in [-0.05, 0) is 31.2 Å². The number of fused-ring (bicyclic) bond motifs is 1. The van der Waals surface area contributed by atoms with E-state index in [1.807, 2.05) is 12.1 Å². The molecule has 0 bridgehead atoms. The third kappa shape index (κ3) is 3.18. The van der Waals surface area contributed by atoms with Crippen LogP contribution in [0.25, 0.3) is 0 Å². The van der Waals surface area contributed by atoms with Crippen molar-refractivity contribution >= 4 is 5.91 Å². The van der Waals surface area contributed by atoms with Gasteiger partial charge in [0.1, 0.15) is 23.8 Å². The van der Waals surface area contributed by atoms with Crippen molar-refractivity contribution in [2.24, 2.45) is 0 Å². The molecule has 0 saturated carbocycles. The summed E-state index contributed by atoms with van der Waals surface area (Å²) in [6, 6.07) is 10.6. The maximum absolute atomic E-state index is 13.8. The van der Waals surface area contributed by atoms with E-state index in [4.69, 9.17) is 9.47 Å². The Labute approximate surface area is 138 Å². The Bertz CT molecular complexity index is 731. The number of halogens is 2. The van der Waals surface area contributed by atoms with Gasteiger partial charge < -0.3 is 14.4 Å². The summed E-state index contributed by atoms with van der Waals surface area (Å²) in [5.41, 5.74) is -0.545. The fourth-order valence-electron chi connectivity index (χ4n) is 2.61. The third-order valence-electron chi connectivity index (χ3n) is 3.84. The summed E-state index contributed by atoms with van der Waals surface area (Å²) in [5.74, 6) is -1.21. The summed E-state index contributed by atoms with van der Waals surface area (Å²) in [6.07, 6.45) is -0.404. The minimum Gasteiger partial charge on any atom is -0.486 e. The van der Waals surface area contributed by atoms with Crippen LogP contribution < -0.4 is 9.47 Å². The van der Waals surface area contributed by atoms with Crippen molar-refractivity contribution in [2.45, 2.75) is 13.0 Å². The first-order valence-corrected chi connectivity index (χ1v) is 7.72. The maximum Gasteiger partial charge on any atom is 0.259 e. The van der Waals surface area contributed by atoms with Crippen molar-refractivity contribution < 1.29 is 23.0 Å². The highest BCUT2D eigenvalue weighted by molar-refractivity contribution is 5.94. The lowest BCUT2D eigenvalue weighted by molar-refractivity contribution is 0.0469. The highest BCUT2D eigenvalue weighted by Gasteiger charge is 2.27. The molecule has 1 amide bonds. The molecule has 0 fully saturated rings. The molecule has 6 heteroatoms. The third-order valence-corrected chi connectivity index (χ3v) is 3.84. The Morgan fingerprint density at radius 3 is 2.46 bits per heavy atom. The molecule has 4 nitrogen and oxygen atoms in total. The van der Waals surface area contributed by atoms with Crippen molar-refractivity contribution in [3.8, 4) is 11.5 Å². The van der Waals surface area contributed by atoms with Crippen LogP contribution in [0.5, 0.6) is 11.5 Å². The van der Waals surface area contributed by atoms with E-state index in [0.717, 1.165) is 12.1 Å². The average Bonchev–Trinajstić information content (AvgIpc) is 2.59. The zero-order valence-corrected chi connectivity index (χ0v) is 13.2. The molecule has 1 atom stereocenters. The van der Waals surface area contributed by atoms with Crippen LogP contribution in [0, 0.1) is 11.6 Å². The number of rotatable bonds is 4. The lowest BCUT2D eigenvalue weighted by Gasteiger charge is -2.31. The molecule has 3 rings (SSSR count). The Morgan fingerprint density at radius 1 is 1.12 bits per heavy atom. The van der Waals surface area contributed by atoms with E-state index < -0.39 is 29.2 Å². The Morgan fingerprint density at radius 2 is 1.79 bits per heavy atom. The predicted molar refractivity (Wildman–Crippen MR) is 84.3 cm³/mol. The zero-order chi connectivity index (χ0) is 17.1. The van der Waals surface area contributed by atoms with Gasteiger partial charge in [-0.3, -0.25) is 4.79 Å². The molecule has 1 unspecified atom stereocenters. The van der Waals surface area contributed by atoms with E-state index in [1.54, 1.807) is 19.1 Å². The van der Waals surface area contributed by atoms with E-state index in [9.17, 15) is 13.6 Å². The number of nitrogens with zero attached hydrogens (tertiary/aromatic N) is 1. The summed E-state index contributed by atoms with van der Waals surface area (Å²) < 4.78 is 39.1. The molecule has 0 N–H and O–H groups in total. The van der Waals surface area contributed by atoms with Gasteiger partial charge in [0.05, 0.1) is 6.54 Å². The average molecular weight is 333 g/mol. The van der Waals surface area contributed by atoms with Gasteiger partial charge in [0.2, 0.25) is 0 Å². The quantitative estimate of drug-likeness (QED) is 0.862. The first kappa shape index (κ1) is 16.2. The van der Waals surface area contributed by atoms with Crippen molar-refractivity contribution in [3.05, 3.63) is 59.7 Å². The number of hydrogen-bond donors (Lipinski definition) is 0. The van der Waals surface area contributed by atoms with Gasteiger partial charge in [-0.15, -0.1) is 0 Å². The number of amides is 1. The van der Waals surface area contributed by atoms with Crippen LogP contribution in [0.3, 0.4) is 0 Å². The zero-order valence-electron chi connectivity index (χ0n) is 13.2. The molecule has 1 heterocycles. The minimum atomic E-state index is -0.871. The second-order valence-corrected chi connectivity index (χ2v) is 5.44. The lowest BCUT2D eigenvalue weighted by atomic mass is 10.1. The first-order valence-electron chi connectivity index (χ1n) is 7.72. The summed E-state index contributed by atoms with van der Waals surface area (Å²) in [4.78, 5) is 13.8. The van der Waals surface area contributed by atoms with Crippen LogP contribution in [0.15, 0.2) is 42.5 Å². The second-order valence-electron chi connectivity index (χ2n) is 5.44. The van der Waals surface area contributed by atoms with Crippen LogP contribution in [0.2, 0.25) is 0 Å². The Balaban J connectivity index is 1.75. The van der Waals surface area contributed by atoms with Crippen molar-refractivity contribution in [2.75, 3.05) is 19.7 Å². The molecule has 2 aromatic carbocycles. The van der Waals surface area contributed by atoms with E-state index in [-0.39, 0.29) is 13.2 Å². The highest BCUT2D eigenvalue weighted by Crippen LogP contribution is 2.31. The smallest absolute Gasteiger partial charge is 0.259 e. The van der Waals surface area contributed by atoms with Crippen LogP contribution >= 0.6 is 0 Å². The minimum absolute atomic E-state index is 0.178. The van der Waals surface area contributed by atoms with Crippen LogP contribution in [0.1, 0.15) is 17.3 Å². The van der Waals surface area contributed by atoms with Crippen LogP contribution in [-0.4, -0.2) is 36.6 Å². The highest BCUT2D eigenvalue weighted by atomic mass is 19.1. The molecule has 24 heavy (non-hydrogen) atoms. The van der Waals surface area contributed by atoms with Crippen molar-refractivity contribution in [1.82, 2.24) is 4.90 Å². The number of carbonyl (C=O) groups excluding carboxylic acids is 1. The monoisotopic (exact) mass is 333 g/mol. The molecule has 0 spiro atoms. The number of ether oxygens (including phenoxy) is 2. The Kier molecular flexibility index (Phi) is 4.64. The van der Waals surface area contributed by atoms with Gasteiger partial charge >= 0.3 is 0 Å². The predicted octanol–water partition coefficient (Wildman–Crippen LogP) is 3.27. The number of benzene rings is 2. The van der Waals surface area contributed by atoms with E-state index in [0.29, 0.717) is 18.0 Å². The topological polar surface area (TPSA) is 38.8 Å². The van der Waals surface area contributed by atoms with Gasteiger partial charge in [-0.25, -0.2) is 8.78 Å². The molecular weight excluding hydrogens is 316 g/mol. The molecular formula is C18H17F2NO3. The fraction of sp³-hybridized carbons (Fsp3) is 0.278. The lowest BCUT2D eigenvalue weighted by Crippen LogP contribution is -2.44. The number of hydrogen-bond acceptors (Lipinski definition) is 3. The SMILES string of the molecule is CCN(CC1COc2ccccc2O1)C(=O)c1c(F)cccc1F. The first-order chi connectivity index (χ1) is 11.6. The second kappa shape index (κ2) is 6.86. The van der Waals surface area contributed by atoms with Gasteiger partial charge in [0.25, 0.3) is 5.91 Å². The fourth-order valence-corrected chi connectivity index (χ4v) is 2.61. The molecule has 1 aliphatic heterocycles. The molecule has 2 aromatic rings. The Hall–Kier alpha value is -2.63. The number of likely N-dealkylation sites (N-methyl/N-ethyl adjacent to an activating group) is 1. The van der Waals surface area contributed by atoms with E-state index >= 15 is 0 Å². The van der Waals surface area contributed by atoms with E-state index in [1.165, 1.54) is 11.0 Å². The standard InChI is InChI=1S/C18H17F2NO3/c1-2-21(18(22)17-13(19)6-5-7-14(17)20)10-12-11-23-15-8-3-4-9-16(15)24-12/h3-9,12H,2,10-11H2,1H3. The molecule has 1 aliphatic rings. The molecule has 0 saturated heterocycles. The molecule has 0 radical (unpaired) electrons.